The van der Waals surface area contributed by atoms with E-state index in [1.165, 1.54) is 4.88 Å². The molecule has 94 valence electrons. The number of thiophene rings is 1. The summed E-state index contributed by atoms with van der Waals surface area (Å²) in [6.45, 7) is 4.11. The van der Waals surface area contributed by atoms with E-state index in [4.69, 9.17) is 5.11 Å². The SMILES string of the molecule is CC(c1ccc(Br)s1)N1CCC(CC(=O)O)C1. The van der Waals surface area contributed by atoms with Gasteiger partial charge in [-0.2, -0.15) is 0 Å². The van der Waals surface area contributed by atoms with Crippen LogP contribution in [0.5, 0.6) is 0 Å². The number of aliphatic carboxylic acids is 1. The van der Waals surface area contributed by atoms with Gasteiger partial charge in [0.2, 0.25) is 0 Å². The van der Waals surface area contributed by atoms with Crippen molar-refractivity contribution < 1.29 is 9.90 Å². The van der Waals surface area contributed by atoms with Crippen molar-refractivity contribution in [2.45, 2.75) is 25.8 Å². The number of hydrogen-bond donors (Lipinski definition) is 1. The number of carbonyl (C=O) groups is 1. The smallest absolute Gasteiger partial charge is 0.303 e. The van der Waals surface area contributed by atoms with Crippen molar-refractivity contribution >= 4 is 33.2 Å². The first kappa shape index (κ1) is 13.1. The third-order valence-corrected chi connectivity index (χ3v) is 5.13. The number of nitrogens with zero attached hydrogens (tertiary/aromatic N) is 1. The highest BCUT2D eigenvalue weighted by atomic mass is 79.9. The van der Waals surface area contributed by atoms with Crippen LogP contribution in [0, 0.1) is 5.92 Å². The molecule has 2 heterocycles. The Morgan fingerprint density at radius 1 is 1.71 bits per heavy atom. The Morgan fingerprint density at radius 3 is 3.06 bits per heavy atom. The molecule has 1 aliphatic heterocycles. The van der Waals surface area contributed by atoms with Crippen molar-refractivity contribution in [1.82, 2.24) is 4.90 Å². The third-order valence-electron chi connectivity index (χ3n) is 3.33. The quantitative estimate of drug-likeness (QED) is 0.925. The van der Waals surface area contributed by atoms with Crippen LogP contribution in [0.3, 0.4) is 0 Å². The van der Waals surface area contributed by atoms with E-state index in [1.54, 1.807) is 11.3 Å². The fourth-order valence-electron chi connectivity index (χ4n) is 2.36. The fraction of sp³-hybridized carbons (Fsp3) is 0.583. The molecular weight excluding hydrogens is 302 g/mol. The summed E-state index contributed by atoms with van der Waals surface area (Å²) in [4.78, 5) is 14.4. The summed E-state index contributed by atoms with van der Waals surface area (Å²) < 4.78 is 1.15. The lowest BCUT2D eigenvalue weighted by molar-refractivity contribution is -0.138. The summed E-state index contributed by atoms with van der Waals surface area (Å²) in [6, 6.07) is 4.61. The maximum absolute atomic E-state index is 10.7. The maximum atomic E-state index is 10.7. The van der Waals surface area contributed by atoms with E-state index in [9.17, 15) is 4.79 Å². The maximum Gasteiger partial charge on any atom is 0.303 e. The normalized spacial score (nSPS) is 22.8. The van der Waals surface area contributed by atoms with Gasteiger partial charge in [0, 0.05) is 23.9 Å². The lowest BCUT2D eigenvalue weighted by Gasteiger charge is -2.23. The average Bonchev–Trinajstić information content (AvgIpc) is 2.85. The molecule has 3 nitrogen and oxygen atoms in total. The van der Waals surface area contributed by atoms with Gasteiger partial charge in [0.05, 0.1) is 3.79 Å². The molecule has 0 aromatic carbocycles. The monoisotopic (exact) mass is 317 g/mol. The van der Waals surface area contributed by atoms with Gasteiger partial charge in [-0.1, -0.05) is 0 Å². The van der Waals surface area contributed by atoms with Crippen molar-refractivity contribution in [3.63, 3.8) is 0 Å². The summed E-state index contributed by atoms with van der Waals surface area (Å²) in [7, 11) is 0. The largest absolute Gasteiger partial charge is 0.481 e. The van der Waals surface area contributed by atoms with Crippen LogP contribution in [0.1, 0.15) is 30.7 Å². The van der Waals surface area contributed by atoms with E-state index in [2.05, 4.69) is 39.9 Å². The second-order valence-electron chi connectivity index (χ2n) is 4.57. The van der Waals surface area contributed by atoms with E-state index in [0.717, 1.165) is 23.3 Å². The van der Waals surface area contributed by atoms with Gasteiger partial charge >= 0.3 is 5.97 Å². The number of carboxylic acid groups (broad SMARTS) is 1. The standard InChI is InChI=1S/C12H16BrNO2S/c1-8(10-2-3-11(13)17-10)14-5-4-9(7-14)6-12(15)16/h2-3,8-9H,4-7H2,1H3,(H,15,16). The molecule has 2 atom stereocenters. The molecule has 0 amide bonds. The van der Waals surface area contributed by atoms with Crippen LogP contribution in [-0.2, 0) is 4.79 Å². The van der Waals surface area contributed by atoms with Gasteiger partial charge in [-0.05, 0) is 53.9 Å². The first-order chi connectivity index (χ1) is 8.06. The van der Waals surface area contributed by atoms with Crippen LogP contribution in [-0.4, -0.2) is 29.1 Å². The van der Waals surface area contributed by atoms with E-state index in [-0.39, 0.29) is 0 Å². The molecule has 5 heteroatoms. The van der Waals surface area contributed by atoms with Crippen LogP contribution in [0.25, 0.3) is 0 Å². The van der Waals surface area contributed by atoms with Crippen molar-refractivity contribution in [2.24, 2.45) is 5.92 Å². The number of likely N-dealkylation sites (tertiary alicyclic amines) is 1. The lowest BCUT2D eigenvalue weighted by atomic mass is 10.1. The molecule has 0 bridgehead atoms. The van der Waals surface area contributed by atoms with Crippen molar-refractivity contribution in [3.8, 4) is 0 Å². The summed E-state index contributed by atoms with van der Waals surface area (Å²) in [6.07, 6.45) is 1.31. The van der Waals surface area contributed by atoms with Gasteiger partial charge in [-0.25, -0.2) is 0 Å². The first-order valence-corrected chi connectivity index (χ1v) is 7.38. The summed E-state index contributed by atoms with van der Waals surface area (Å²) in [5, 5.41) is 8.80. The molecular formula is C12H16BrNO2S. The summed E-state index contributed by atoms with van der Waals surface area (Å²) in [5.74, 6) is -0.360. The third kappa shape index (κ3) is 3.30. The Balaban J connectivity index is 1.94. The van der Waals surface area contributed by atoms with Crippen LogP contribution < -0.4 is 0 Å². The zero-order valence-corrected chi connectivity index (χ0v) is 12.1. The Labute approximate surface area is 114 Å². The first-order valence-electron chi connectivity index (χ1n) is 5.77. The highest BCUT2D eigenvalue weighted by molar-refractivity contribution is 9.11. The van der Waals surface area contributed by atoms with Crippen LogP contribution in [0.2, 0.25) is 0 Å². The molecule has 0 radical (unpaired) electrons. The zero-order valence-electron chi connectivity index (χ0n) is 9.73. The molecule has 0 aliphatic carbocycles. The van der Waals surface area contributed by atoms with Crippen molar-refractivity contribution in [1.29, 1.82) is 0 Å². The van der Waals surface area contributed by atoms with Crippen molar-refractivity contribution in [3.05, 3.63) is 20.8 Å². The number of halogens is 1. The minimum absolute atomic E-state index is 0.303. The predicted molar refractivity (Wildman–Crippen MR) is 72.4 cm³/mol. The molecule has 1 fully saturated rings. The molecule has 0 spiro atoms. The van der Waals surface area contributed by atoms with E-state index >= 15 is 0 Å². The van der Waals surface area contributed by atoms with Crippen LogP contribution in [0.15, 0.2) is 15.9 Å². The van der Waals surface area contributed by atoms with E-state index in [1.807, 2.05) is 0 Å². The average molecular weight is 318 g/mol. The Morgan fingerprint density at radius 2 is 2.47 bits per heavy atom. The fourth-order valence-corrected chi connectivity index (χ4v) is 3.87. The number of hydrogen-bond acceptors (Lipinski definition) is 3. The van der Waals surface area contributed by atoms with Crippen LogP contribution >= 0.6 is 27.3 Å². The number of rotatable bonds is 4. The Bertz CT molecular complexity index is 407. The van der Waals surface area contributed by atoms with Crippen LogP contribution in [0.4, 0.5) is 0 Å². The molecule has 2 unspecified atom stereocenters. The second kappa shape index (κ2) is 5.50. The van der Waals surface area contributed by atoms with E-state index in [0.29, 0.717) is 18.4 Å². The topological polar surface area (TPSA) is 40.5 Å². The minimum Gasteiger partial charge on any atom is -0.481 e. The highest BCUT2D eigenvalue weighted by Gasteiger charge is 2.28. The second-order valence-corrected chi connectivity index (χ2v) is 7.06. The molecule has 1 saturated heterocycles. The van der Waals surface area contributed by atoms with Gasteiger partial charge in [-0.15, -0.1) is 11.3 Å². The van der Waals surface area contributed by atoms with E-state index < -0.39 is 5.97 Å². The molecule has 17 heavy (non-hydrogen) atoms. The summed E-state index contributed by atoms with van der Waals surface area (Å²) >= 11 is 5.23. The molecule has 1 aliphatic rings. The van der Waals surface area contributed by atoms with Crippen molar-refractivity contribution in [2.75, 3.05) is 13.1 Å². The zero-order chi connectivity index (χ0) is 12.4. The summed E-state index contributed by atoms with van der Waals surface area (Å²) in [5.41, 5.74) is 0. The molecule has 2 rings (SSSR count). The van der Waals surface area contributed by atoms with Gasteiger partial charge in [0.25, 0.3) is 0 Å². The highest BCUT2D eigenvalue weighted by Crippen LogP contribution is 2.33. The number of carboxylic acids is 1. The minimum atomic E-state index is -0.677. The lowest BCUT2D eigenvalue weighted by Crippen LogP contribution is -2.24. The van der Waals surface area contributed by atoms with Gasteiger partial charge < -0.3 is 5.11 Å². The molecule has 1 aromatic heterocycles. The molecule has 0 saturated carbocycles. The van der Waals surface area contributed by atoms with Gasteiger partial charge in [-0.3, -0.25) is 9.69 Å². The Kier molecular flexibility index (Phi) is 4.22. The van der Waals surface area contributed by atoms with Gasteiger partial charge in [0.1, 0.15) is 0 Å². The molecule has 1 aromatic rings. The molecule has 1 N–H and O–H groups in total. The van der Waals surface area contributed by atoms with Gasteiger partial charge in [0.15, 0.2) is 0 Å². The predicted octanol–water partition coefficient (Wildman–Crippen LogP) is 3.37. The Hall–Kier alpha value is -0.390.